The van der Waals surface area contributed by atoms with Gasteiger partial charge in [0.15, 0.2) is 0 Å². The number of aliphatic hydroxyl groups excluding tert-OH is 1. The topological polar surface area (TPSA) is 52.9 Å². The number of phenols is 1. The van der Waals surface area contributed by atoms with Crippen molar-refractivity contribution >= 4 is 0 Å². The van der Waals surface area contributed by atoms with Gasteiger partial charge in [0.25, 0.3) is 0 Å². The smallest absolute Gasteiger partial charge is 0.122 e. The quantitative estimate of drug-likeness (QED) is 0.847. The average molecular weight is 359 g/mol. The molecule has 5 heteroatoms. The molecule has 0 amide bonds. The van der Waals surface area contributed by atoms with Crippen LogP contribution in [0, 0.1) is 11.8 Å². The van der Waals surface area contributed by atoms with Crippen molar-refractivity contribution in [2.75, 3.05) is 19.6 Å². The van der Waals surface area contributed by atoms with E-state index in [1.165, 1.54) is 0 Å². The number of aromatic hydroxyl groups is 1. The molecule has 2 N–H and O–H groups in total. The molecule has 4 nitrogen and oxygen atoms in total. The lowest BCUT2D eigenvalue weighted by Crippen LogP contribution is -2.28. The minimum absolute atomic E-state index is 0.215. The van der Waals surface area contributed by atoms with Crippen molar-refractivity contribution in [1.29, 1.82) is 0 Å². The lowest BCUT2D eigenvalue weighted by Gasteiger charge is -2.23. The maximum absolute atomic E-state index is 13.1. The van der Waals surface area contributed by atoms with Crippen LogP contribution in [0.1, 0.15) is 30.9 Å². The lowest BCUT2D eigenvalue weighted by molar-refractivity contribution is 0.0994. The van der Waals surface area contributed by atoms with Crippen LogP contribution in [0.3, 0.4) is 0 Å². The molecule has 0 bridgehead atoms. The van der Waals surface area contributed by atoms with E-state index < -0.39 is 12.3 Å². The molecule has 0 spiro atoms. The van der Waals surface area contributed by atoms with E-state index in [2.05, 4.69) is 4.90 Å². The van der Waals surface area contributed by atoms with Crippen LogP contribution < -0.4 is 0 Å². The molecule has 3 unspecified atom stereocenters. The molecule has 4 rings (SSSR count). The van der Waals surface area contributed by atoms with E-state index >= 15 is 0 Å². The van der Waals surface area contributed by atoms with Gasteiger partial charge in [-0.1, -0.05) is 12.1 Å². The summed E-state index contributed by atoms with van der Waals surface area (Å²) in [4.78, 5) is 2.33. The van der Waals surface area contributed by atoms with Crippen molar-refractivity contribution in [3.05, 3.63) is 53.8 Å². The van der Waals surface area contributed by atoms with Crippen molar-refractivity contribution in [2.24, 2.45) is 11.8 Å². The molecule has 2 fully saturated rings. The predicted molar refractivity (Wildman–Crippen MR) is 97.3 cm³/mol. The van der Waals surface area contributed by atoms with Gasteiger partial charge < -0.3 is 14.9 Å². The highest BCUT2D eigenvalue weighted by atomic mass is 19.1. The Kier molecular flexibility index (Phi) is 5.00. The fourth-order valence-electron chi connectivity index (χ4n) is 4.49. The number of likely N-dealkylation sites (tertiary alicyclic amines) is 1. The monoisotopic (exact) mass is 359 g/mol. The Labute approximate surface area is 153 Å². The molecule has 0 radical (unpaired) electrons. The summed E-state index contributed by atoms with van der Waals surface area (Å²) >= 11 is 0. The minimum atomic E-state index is -0.876. The molecule has 3 aliphatic rings. The number of hydrogen-bond acceptors (Lipinski definition) is 4. The maximum Gasteiger partial charge on any atom is 0.122 e. The number of halogens is 1. The van der Waals surface area contributed by atoms with E-state index in [1.54, 1.807) is 36.4 Å². The Morgan fingerprint density at radius 2 is 1.85 bits per heavy atom. The van der Waals surface area contributed by atoms with E-state index in [1.807, 2.05) is 6.08 Å². The molecule has 26 heavy (non-hydrogen) atoms. The molecule has 1 heterocycles. The van der Waals surface area contributed by atoms with E-state index in [9.17, 15) is 14.6 Å². The largest absolute Gasteiger partial charge is 0.508 e. The number of allylic oxidation sites excluding steroid dienone is 3. The Bertz CT molecular complexity index is 673. The van der Waals surface area contributed by atoms with Gasteiger partial charge in [-0.05, 0) is 60.6 Å². The van der Waals surface area contributed by atoms with Crippen LogP contribution in [0.4, 0.5) is 4.39 Å². The Morgan fingerprint density at radius 3 is 2.46 bits per heavy atom. The van der Waals surface area contributed by atoms with Crippen molar-refractivity contribution in [2.45, 2.75) is 37.6 Å². The predicted octanol–water partition coefficient (Wildman–Crippen LogP) is 3.33. The zero-order valence-electron chi connectivity index (χ0n) is 14.8. The second-order valence-corrected chi connectivity index (χ2v) is 7.77. The van der Waals surface area contributed by atoms with Crippen LogP contribution in [-0.4, -0.2) is 47.0 Å². The Balaban J connectivity index is 1.26. The zero-order valence-corrected chi connectivity index (χ0v) is 14.8. The van der Waals surface area contributed by atoms with Gasteiger partial charge in [-0.3, -0.25) is 4.90 Å². The van der Waals surface area contributed by atoms with Gasteiger partial charge in [0.1, 0.15) is 17.7 Å². The highest BCUT2D eigenvalue weighted by Crippen LogP contribution is 2.40. The number of ether oxygens (including phenoxy) is 1. The molecule has 1 aromatic rings. The minimum Gasteiger partial charge on any atom is -0.508 e. The van der Waals surface area contributed by atoms with Crippen LogP contribution in [-0.2, 0) is 4.74 Å². The first kappa shape index (κ1) is 17.6. The summed E-state index contributed by atoms with van der Waals surface area (Å²) in [6.07, 6.45) is 6.45. The van der Waals surface area contributed by atoms with E-state index in [-0.39, 0.29) is 11.9 Å². The number of nitrogens with zero attached hydrogens (tertiary/aromatic N) is 1. The van der Waals surface area contributed by atoms with Crippen LogP contribution in [0.5, 0.6) is 5.75 Å². The number of alkyl halides is 1. The summed E-state index contributed by atoms with van der Waals surface area (Å²) in [7, 11) is 0. The summed E-state index contributed by atoms with van der Waals surface area (Å²) in [5.41, 5.74) is 0.836. The van der Waals surface area contributed by atoms with E-state index in [0.29, 0.717) is 24.8 Å². The molecule has 1 aliphatic heterocycles. The SMILES string of the molecule is Oc1ccc(C(O)CN2C[C@H]3CC(OC4=CCC(F)C=C4)C[C@H]3C2)cc1. The first-order valence-electron chi connectivity index (χ1n) is 9.45. The maximum atomic E-state index is 13.1. The van der Waals surface area contributed by atoms with Crippen molar-refractivity contribution < 1.29 is 19.3 Å². The van der Waals surface area contributed by atoms with Gasteiger partial charge in [-0.25, -0.2) is 4.39 Å². The van der Waals surface area contributed by atoms with Gasteiger partial charge in [-0.2, -0.15) is 0 Å². The third-order valence-electron chi connectivity index (χ3n) is 5.81. The van der Waals surface area contributed by atoms with Crippen molar-refractivity contribution in [3.8, 4) is 5.75 Å². The molecular formula is C21H26FNO3. The summed E-state index contributed by atoms with van der Waals surface area (Å²) < 4.78 is 19.2. The van der Waals surface area contributed by atoms with Gasteiger partial charge in [0.2, 0.25) is 0 Å². The van der Waals surface area contributed by atoms with Gasteiger partial charge >= 0.3 is 0 Å². The van der Waals surface area contributed by atoms with Crippen molar-refractivity contribution in [3.63, 3.8) is 0 Å². The summed E-state index contributed by atoms with van der Waals surface area (Å²) in [5.74, 6) is 2.24. The van der Waals surface area contributed by atoms with Crippen LogP contribution in [0.25, 0.3) is 0 Å². The van der Waals surface area contributed by atoms with E-state index in [4.69, 9.17) is 4.74 Å². The number of aliphatic hydroxyl groups is 1. The molecule has 1 saturated carbocycles. The normalized spacial score (nSPS) is 32.3. The second-order valence-electron chi connectivity index (χ2n) is 7.77. The number of benzene rings is 1. The first-order valence-corrected chi connectivity index (χ1v) is 9.45. The molecule has 140 valence electrons. The first-order chi connectivity index (χ1) is 12.6. The molecule has 0 aromatic heterocycles. The summed E-state index contributed by atoms with van der Waals surface area (Å²) in [5, 5.41) is 19.8. The van der Waals surface area contributed by atoms with Gasteiger partial charge in [0.05, 0.1) is 12.2 Å². The Hall–Kier alpha value is -1.85. The van der Waals surface area contributed by atoms with Gasteiger partial charge in [0, 0.05) is 26.1 Å². The Morgan fingerprint density at radius 1 is 1.15 bits per heavy atom. The second kappa shape index (κ2) is 7.41. The fourth-order valence-corrected chi connectivity index (χ4v) is 4.49. The fraction of sp³-hybridized carbons (Fsp3) is 0.524. The van der Waals surface area contributed by atoms with Crippen LogP contribution in [0.2, 0.25) is 0 Å². The summed E-state index contributed by atoms with van der Waals surface area (Å²) in [6, 6.07) is 6.76. The molecule has 2 aliphatic carbocycles. The number of hydrogen-bond donors (Lipinski definition) is 2. The number of fused-ring (bicyclic) bond motifs is 1. The van der Waals surface area contributed by atoms with Gasteiger partial charge in [-0.15, -0.1) is 0 Å². The highest BCUT2D eigenvalue weighted by Gasteiger charge is 2.42. The number of β-amino-alcohol motifs (C(OH)–C–C–N with tert-alkyl or cyclic N) is 1. The molecule has 5 atom stereocenters. The molecule has 1 aromatic carbocycles. The average Bonchev–Trinajstić information content (AvgIpc) is 3.15. The molecule has 1 saturated heterocycles. The zero-order chi connectivity index (χ0) is 18.1. The number of rotatable bonds is 5. The summed E-state index contributed by atoms with van der Waals surface area (Å²) in [6.45, 7) is 2.59. The number of phenolic OH excluding ortho intramolecular Hbond substituents is 1. The van der Waals surface area contributed by atoms with Crippen molar-refractivity contribution in [1.82, 2.24) is 4.90 Å². The lowest BCUT2D eigenvalue weighted by atomic mass is 10.0. The standard InChI is InChI=1S/C21H26FNO3/c22-17-3-7-19(8-4-17)26-20-9-15-11-23(12-16(15)10-20)13-21(25)14-1-5-18(24)6-2-14/h1-3,5-8,15-17,20-21,24-25H,4,9-13H2/t15-,16+,17?,20?,21?. The third-order valence-corrected chi connectivity index (χ3v) is 5.81. The highest BCUT2D eigenvalue weighted by molar-refractivity contribution is 5.27. The van der Waals surface area contributed by atoms with Crippen LogP contribution >= 0.6 is 0 Å². The van der Waals surface area contributed by atoms with E-state index in [0.717, 1.165) is 37.3 Å². The third kappa shape index (κ3) is 3.94. The van der Waals surface area contributed by atoms with Crippen LogP contribution in [0.15, 0.2) is 48.3 Å². The molecular weight excluding hydrogens is 333 g/mol.